The van der Waals surface area contributed by atoms with E-state index in [0.717, 1.165) is 25.8 Å². The summed E-state index contributed by atoms with van der Waals surface area (Å²) in [6, 6.07) is 0. The van der Waals surface area contributed by atoms with Gasteiger partial charge in [0.15, 0.2) is 0 Å². The van der Waals surface area contributed by atoms with Crippen molar-refractivity contribution < 1.29 is 14.7 Å². The number of carbonyl (C=O) groups excluding carboxylic acids is 1. The van der Waals surface area contributed by atoms with Crippen molar-refractivity contribution in [2.75, 3.05) is 13.1 Å². The van der Waals surface area contributed by atoms with Gasteiger partial charge in [-0.1, -0.05) is 13.8 Å². The van der Waals surface area contributed by atoms with E-state index >= 15 is 0 Å². The molecule has 0 radical (unpaired) electrons. The fourth-order valence-corrected chi connectivity index (χ4v) is 2.50. The molecule has 5 heteroatoms. The van der Waals surface area contributed by atoms with Gasteiger partial charge in [-0.3, -0.25) is 9.59 Å². The third-order valence-electron chi connectivity index (χ3n) is 3.73. The Morgan fingerprint density at radius 1 is 1.37 bits per heavy atom. The summed E-state index contributed by atoms with van der Waals surface area (Å²) in [7, 11) is 0. The Morgan fingerprint density at radius 2 is 2.05 bits per heavy atom. The summed E-state index contributed by atoms with van der Waals surface area (Å²) in [5, 5.41) is 15.2. The molecule has 1 heterocycles. The zero-order valence-electron chi connectivity index (χ0n) is 12.2. The van der Waals surface area contributed by atoms with E-state index in [2.05, 4.69) is 10.6 Å². The minimum atomic E-state index is -0.837. The molecule has 2 atom stereocenters. The highest BCUT2D eigenvalue weighted by molar-refractivity contribution is 5.86. The number of piperidine rings is 1. The predicted octanol–water partition coefficient (Wildman–Crippen LogP) is 1.38. The fourth-order valence-electron chi connectivity index (χ4n) is 2.50. The Labute approximate surface area is 115 Å². The molecule has 0 aromatic heterocycles. The average Bonchev–Trinajstić information content (AvgIpc) is 2.34. The Morgan fingerprint density at radius 3 is 2.53 bits per heavy atom. The van der Waals surface area contributed by atoms with E-state index in [4.69, 9.17) is 5.11 Å². The second-order valence-corrected chi connectivity index (χ2v) is 6.09. The molecule has 0 saturated carbocycles. The van der Waals surface area contributed by atoms with Gasteiger partial charge in [-0.25, -0.2) is 0 Å². The lowest BCUT2D eigenvalue weighted by molar-refractivity contribution is -0.142. The molecule has 1 fully saturated rings. The number of hydrogen-bond donors (Lipinski definition) is 3. The van der Waals surface area contributed by atoms with Crippen LogP contribution in [0.5, 0.6) is 0 Å². The third-order valence-corrected chi connectivity index (χ3v) is 3.73. The van der Waals surface area contributed by atoms with Crippen LogP contribution in [0.3, 0.4) is 0 Å². The topological polar surface area (TPSA) is 78.4 Å². The van der Waals surface area contributed by atoms with Crippen molar-refractivity contribution in [3.05, 3.63) is 0 Å². The van der Waals surface area contributed by atoms with E-state index in [1.807, 2.05) is 20.8 Å². The first kappa shape index (κ1) is 16.0. The SMILES string of the molecule is CC(C)CC(CNC(=O)C1(C)CCCCN1)C(=O)O. The molecule has 2 unspecified atom stereocenters. The first-order valence-electron chi connectivity index (χ1n) is 7.11. The molecule has 1 rings (SSSR count). The highest BCUT2D eigenvalue weighted by Gasteiger charge is 2.34. The van der Waals surface area contributed by atoms with Crippen LogP contribution in [0.25, 0.3) is 0 Å². The second-order valence-electron chi connectivity index (χ2n) is 6.09. The van der Waals surface area contributed by atoms with Gasteiger partial charge < -0.3 is 15.7 Å². The number of nitrogens with one attached hydrogen (secondary N) is 2. The lowest BCUT2D eigenvalue weighted by Gasteiger charge is -2.33. The molecule has 0 aromatic carbocycles. The largest absolute Gasteiger partial charge is 0.481 e. The van der Waals surface area contributed by atoms with E-state index in [-0.39, 0.29) is 12.5 Å². The molecular weight excluding hydrogens is 244 g/mol. The average molecular weight is 270 g/mol. The first-order chi connectivity index (χ1) is 8.85. The minimum absolute atomic E-state index is 0.0813. The van der Waals surface area contributed by atoms with Gasteiger partial charge >= 0.3 is 5.97 Å². The summed E-state index contributed by atoms with van der Waals surface area (Å²) in [5.74, 6) is -1.12. The van der Waals surface area contributed by atoms with Crippen molar-refractivity contribution in [3.63, 3.8) is 0 Å². The molecule has 0 aromatic rings. The summed E-state index contributed by atoms with van der Waals surface area (Å²) in [5.41, 5.74) is -0.543. The predicted molar refractivity (Wildman–Crippen MR) is 73.8 cm³/mol. The van der Waals surface area contributed by atoms with E-state index in [9.17, 15) is 9.59 Å². The molecule has 0 bridgehead atoms. The smallest absolute Gasteiger partial charge is 0.308 e. The molecule has 1 saturated heterocycles. The van der Waals surface area contributed by atoms with E-state index in [1.165, 1.54) is 0 Å². The standard InChI is InChI=1S/C14H26N2O3/c1-10(2)8-11(12(17)18)9-15-13(19)14(3)6-4-5-7-16-14/h10-11,16H,4-9H2,1-3H3,(H,15,19)(H,17,18). The maximum atomic E-state index is 12.2. The molecule has 1 aliphatic heterocycles. The van der Waals surface area contributed by atoms with E-state index in [0.29, 0.717) is 12.3 Å². The Bertz CT molecular complexity index is 323. The summed E-state index contributed by atoms with van der Waals surface area (Å²) in [6.07, 6.45) is 3.51. The van der Waals surface area contributed by atoms with Crippen LogP contribution in [0.4, 0.5) is 0 Å². The summed E-state index contributed by atoms with van der Waals surface area (Å²) in [4.78, 5) is 23.3. The van der Waals surface area contributed by atoms with Crippen LogP contribution in [-0.4, -0.2) is 35.6 Å². The molecule has 1 amide bonds. The number of carboxylic acids is 1. The van der Waals surface area contributed by atoms with Gasteiger partial charge in [0.05, 0.1) is 11.5 Å². The number of rotatable bonds is 6. The number of amides is 1. The molecule has 110 valence electrons. The molecule has 3 N–H and O–H groups in total. The van der Waals surface area contributed by atoms with Crippen LogP contribution in [-0.2, 0) is 9.59 Å². The van der Waals surface area contributed by atoms with Crippen molar-refractivity contribution in [2.24, 2.45) is 11.8 Å². The lowest BCUT2D eigenvalue weighted by atomic mass is 9.89. The number of aliphatic carboxylic acids is 1. The maximum Gasteiger partial charge on any atom is 0.308 e. The van der Waals surface area contributed by atoms with Crippen molar-refractivity contribution in [1.29, 1.82) is 0 Å². The normalized spacial score (nSPS) is 25.1. The van der Waals surface area contributed by atoms with Crippen LogP contribution < -0.4 is 10.6 Å². The quantitative estimate of drug-likeness (QED) is 0.681. The van der Waals surface area contributed by atoms with Gasteiger partial charge in [-0.2, -0.15) is 0 Å². The van der Waals surface area contributed by atoms with E-state index < -0.39 is 17.4 Å². The second kappa shape index (κ2) is 6.89. The molecule has 0 spiro atoms. The lowest BCUT2D eigenvalue weighted by Crippen LogP contribution is -2.57. The van der Waals surface area contributed by atoms with Crippen molar-refractivity contribution >= 4 is 11.9 Å². The van der Waals surface area contributed by atoms with Gasteiger partial charge in [0.2, 0.25) is 5.91 Å². The van der Waals surface area contributed by atoms with Crippen molar-refractivity contribution in [2.45, 2.75) is 52.0 Å². The maximum absolute atomic E-state index is 12.2. The van der Waals surface area contributed by atoms with Gasteiger partial charge in [0.1, 0.15) is 0 Å². The molecule has 5 nitrogen and oxygen atoms in total. The number of carboxylic acid groups (broad SMARTS) is 1. The monoisotopic (exact) mass is 270 g/mol. The van der Waals surface area contributed by atoms with Crippen molar-refractivity contribution in [1.82, 2.24) is 10.6 Å². The van der Waals surface area contributed by atoms with Gasteiger partial charge in [-0.15, -0.1) is 0 Å². The molecular formula is C14H26N2O3. The number of carbonyl (C=O) groups is 2. The number of hydrogen-bond acceptors (Lipinski definition) is 3. The minimum Gasteiger partial charge on any atom is -0.481 e. The zero-order chi connectivity index (χ0) is 14.5. The summed E-state index contributed by atoms with van der Waals surface area (Å²) in [6.45, 7) is 6.92. The molecule has 1 aliphatic rings. The van der Waals surface area contributed by atoms with Crippen LogP contribution in [0.2, 0.25) is 0 Å². The molecule has 0 aliphatic carbocycles. The van der Waals surface area contributed by atoms with Crippen molar-refractivity contribution in [3.8, 4) is 0 Å². The third kappa shape index (κ3) is 4.82. The zero-order valence-corrected chi connectivity index (χ0v) is 12.2. The van der Waals surface area contributed by atoms with Gasteiger partial charge in [0, 0.05) is 6.54 Å². The Hall–Kier alpha value is -1.10. The fraction of sp³-hybridized carbons (Fsp3) is 0.857. The van der Waals surface area contributed by atoms with Gasteiger partial charge in [-0.05, 0) is 45.1 Å². The Kier molecular flexibility index (Phi) is 5.79. The van der Waals surface area contributed by atoms with Crippen LogP contribution in [0.15, 0.2) is 0 Å². The first-order valence-corrected chi connectivity index (χ1v) is 7.11. The highest BCUT2D eigenvalue weighted by atomic mass is 16.4. The van der Waals surface area contributed by atoms with E-state index in [1.54, 1.807) is 0 Å². The van der Waals surface area contributed by atoms with Crippen LogP contribution in [0.1, 0.15) is 46.5 Å². The van der Waals surface area contributed by atoms with Crippen LogP contribution in [0, 0.1) is 11.8 Å². The van der Waals surface area contributed by atoms with Gasteiger partial charge in [0.25, 0.3) is 0 Å². The van der Waals surface area contributed by atoms with Crippen LogP contribution >= 0.6 is 0 Å². The Balaban J connectivity index is 2.49. The summed E-state index contributed by atoms with van der Waals surface area (Å²) < 4.78 is 0. The highest BCUT2D eigenvalue weighted by Crippen LogP contribution is 2.19. The summed E-state index contributed by atoms with van der Waals surface area (Å²) >= 11 is 0. The molecule has 19 heavy (non-hydrogen) atoms.